The summed E-state index contributed by atoms with van der Waals surface area (Å²) in [5.74, 6) is -1.62. The smallest absolute Gasteiger partial charge is 0.295 e. The molecule has 0 radical (unpaired) electrons. The lowest BCUT2D eigenvalue weighted by Crippen LogP contribution is -2.29. The van der Waals surface area contributed by atoms with Crippen molar-refractivity contribution in [3.8, 4) is 5.75 Å². The van der Waals surface area contributed by atoms with E-state index in [4.69, 9.17) is 4.74 Å². The molecule has 9 heteroatoms. The summed E-state index contributed by atoms with van der Waals surface area (Å²) in [6.45, 7) is 0.0815. The fraction of sp³-hybridized carbons (Fsp3) is 0.125. The number of hydrogen-bond donors (Lipinski definition) is 1. The van der Waals surface area contributed by atoms with Crippen LogP contribution in [0.15, 0.2) is 78.6 Å². The number of para-hydroxylation sites is 1. The molecule has 4 rings (SSSR count). The number of nitro groups is 1. The Morgan fingerprint density at radius 2 is 1.85 bits per heavy atom. The molecule has 1 fully saturated rings. The first-order valence-electron chi connectivity index (χ1n) is 9.97. The molecule has 1 atom stereocenters. The summed E-state index contributed by atoms with van der Waals surface area (Å²) >= 11 is 0. The van der Waals surface area contributed by atoms with Crippen molar-refractivity contribution in [1.29, 1.82) is 0 Å². The van der Waals surface area contributed by atoms with E-state index in [0.717, 1.165) is 0 Å². The van der Waals surface area contributed by atoms with Crippen LogP contribution in [0.2, 0.25) is 0 Å². The SMILES string of the molecule is COc1ccccc1C1/C(=C(\O)c2ccc([N+](=O)[O-])cc2)C(=O)C(=O)N1Cc1cccnc1. The van der Waals surface area contributed by atoms with Gasteiger partial charge in [-0.2, -0.15) is 0 Å². The number of non-ortho nitro benzene ring substituents is 1. The molecular weight excluding hydrogens is 426 g/mol. The maximum absolute atomic E-state index is 13.1. The van der Waals surface area contributed by atoms with Crippen molar-refractivity contribution in [2.24, 2.45) is 0 Å². The first-order chi connectivity index (χ1) is 15.9. The Morgan fingerprint density at radius 1 is 1.12 bits per heavy atom. The van der Waals surface area contributed by atoms with Crippen molar-refractivity contribution >= 4 is 23.1 Å². The molecule has 1 aromatic heterocycles. The topological polar surface area (TPSA) is 123 Å². The molecule has 1 amide bonds. The first kappa shape index (κ1) is 21.7. The van der Waals surface area contributed by atoms with E-state index in [1.807, 2.05) is 0 Å². The molecule has 3 aromatic rings. The monoisotopic (exact) mass is 445 g/mol. The minimum Gasteiger partial charge on any atom is -0.507 e. The second-order valence-corrected chi connectivity index (χ2v) is 7.33. The quantitative estimate of drug-likeness (QED) is 0.202. The number of aliphatic hydroxyl groups excluding tert-OH is 1. The Balaban J connectivity index is 1.88. The summed E-state index contributed by atoms with van der Waals surface area (Å²) in [7, 11) is 1.47. The van der Waals surface area contributed by atoms with Gasteiger partial charge in [-0.3, -0.25) is 24.7 Å². The molecule has 1 N–H and O–H groups in total. The fourth-order valence-electron chi connectivity index (χ4n) is 3.84. The lowest BCUT2D eigenvalue weighted by molar-refractivity contribution is -0.384. The van der Waals surface area contributed by atoms with E-state index >= 15 is 0 Å². The predicted molar refractivity (Wildman–Crippen MR) is 118 cm³/mol. The van der Waals surface area contributed by atoms with Crippen molar-refractivity contribution in [3.63, 3.8) is 0 Å². The van der Waals surface area contributed by atoms with E-state index < -0.39 is 28.4 Å². The standard InChI is InChI=1S/C24H19N3O6/c1-33-19-7-3-2-6-18(19)21-20(22(28)16-8-10-17(11-9-16)27(31)32)23(29)24(30)26(21)14-15-5-4-12-25-13-15/h2-13,21,28H,14H2,1H3/b22-20+. The third-order valence-electron chi connectivity index (χ3n) is 5.40. The number of nitrogens with zero attached hydrogens (tertiary/aromatic N) is 3. The molecule has 1 unspecified atom stereocenters. The highest BCUT2D eigenvalue weighted by molar-refractivity contribution is 6.46. The van der Waals surface area contributed by atoms with Gasteiger partial charge in [0, 0.05) is 42.2 Å². The summed E-state index contributed by atoms with van der Waals surface area (Å²) in [6.07, 6.45) is 3.19. The van der Waals surface area contributed by atoms with Gasteiger partial charge in [-0.15, -0.1) is 0 Å². The predicted octanol–water partition coefficient (Wildman–Crippen LogP) is 3.62. The van der Waals surface area contributed by atoms with Crippen LogP contribution < -0.4 is 4.74 Å². The molecule has 1 aliphatic rings. The molecule has 9 nitrogen and oxygen atoms in total. The number of hydrogen-bond acceptors (Lipinski definition) is 7. The van der Waals surface area contributed by atoms with Gasteiger partial charge < -0.3 is 14.7 Å². The van der Waals surface area contributed by atoms with Gasteiger partial charge in [-0.05, 0) is 29.8 Å². The molecule has 1 saturated heterocycles. The third kappa shape index (κ3) is 4.03. The molecule has 166 valence electrons. The molecule has 1 aliphatic heterocycles. The molecule has 0 saturated carbocycles. The minimum atomic E-state index is -0.934. The van der Waals surface area contributed by atoms with Crippen LogP contribution in [0.3, 0.4) is 0 Å². The van der Waals surface area contributed by atoms with Crippen LogP contribution in [-0.2, 0) is 16.1 Å². The van der Waals surface area contributed by atoms with Gasteiger partial charge >= 0.3 is 0 Å². The Hall–Kier alpha value is -4.53. The van der Waals surface area contributed by atoms with Gasteiger partial charge in [0.1, 0.15) is 11.5 Å². The Bertz CT molecular complexity index is 1250. The van der Waals surface area contributed by atoms with E-state index in [9.17, 15) is 24.8 Å². The third-order valence-corrected chi connectivity index (χ3v) is 5.40. The maximum atomic E-state index is 13.1. The molecule has 0 aliphatic carbocycles. The Labute approximate surface area is 188 Å². The lowest BCUT2D eigenvalue weighted by Gasteiger charge is -2.26. The van der Waals surface area contributed by atoms with Crippen LogP contribution in [0.5, 0.6) is 5.75 Å². The van der Waals surface area contributed by atoms with Crippen LogP contribution in [0, 0.1) is 10.1 Å². The molecule has 0 bridgehead atoms. The number of amides is 1. The van der Waals surface area contributed by atoms with Gasteiger partial charge in [0.05, 0.1) is 23.6 Å². The number of ketones is 1. The first-order valence-corrected chi connectivity index (χ1v) is 9.97. The summed E-state index contributed by atoms with van der Waals surface area (Å²) < 4.78 is 5.46. The van der Waals surface area contributed by atoms with Crippen LogP contribution in [0.25, 0.3) is 5.76 Å². The van der Waals surface area contributed by atoms with E-state index in [2.05, 4.69) is 4.98 Å². The normalized spacial score (nSPS) is 17.2. The Kier molecular flexibility index (Phi) is 5.86. The number of carbonyl (C=O) groups excluding carboxylic acids is 2. The van der Waals surface area contributed by atoms with E-state index in [-0.39, 0.29) is 23.4 Å². The van der Waals surface area contributed by atoms with Crippen molar-refractivity contribution in [2.45, 2.75) is 12.6 Å². The van der Waals surface area contributed by atoms with Gasteiger partial charge in [0.25, 0.3) is 17.4 Å². The zero-order valence-electron chi connectivity index (χ0n) is 17.5. The van der Waals surface area contributed by atoms with Crippen molar-refractivity contribution in [3.05, 3.63) is 105 Å². The lowest BCUT2D eigenvalue weighted by atomic mass is 9.94. The number of Topliss-reactive ketones (excluding diaryl/α,β-unsaturated/α-hetero) is 1. The second-order valence-electron chi connectivity index (χ2n) is 7.33. The number of ether oxygens (including phenoxy) is 1. The largest absolute Gasteiger partial charge is 0.507 e. The molecule has 33 heavy (non-hydrogen) atoms. The molecule has 2 aromatic carbocycles. The fourth-order valence-corrected chi connectivity index (χ4v) is 3.84. The number of pyridine rings is 1. The summed E-state index contributed by atoms with van der Waals surface area (Å²) in [4.78, 5) is 42.0. The second kappa shape index (κ2) is 8.91. The average Bonchev–Trinajstić information content (AvgIpc) is 3.09. The van der Waals surface area contributed by atoms with Gasteiger partial charge in [-0.1, -0.05) is 24.3 Å². The van der Waals surface area contributed by atoms with Crippen molar-refractivity contribution < 1.29 is 24.4 Å². The minimum absolute atomic E-state index is 0.0815. The number of aliphatic hydroxyl groups is 1. The van der Waals surface area contributed by atoms with Crippen LogP contribution in [0.4, 0.5) is 5.69 Å². The number of methoxy groups -OCH3 is 1. The van der Waals surface area contributed by atoms with Crippen LogP contribution >= 0.6 is 0 Å². The molecule has 2 heterocycles. The maximum Gasteiger partial charge on any atom is 0.295 e. The van der Waals surface area contributed by atoms with Gasteiger partial charge in [0.15, 0.2) is 0 Å². The van der Waals surface area contributed by atoms with Crippen molar-refractivity contribution in [2.75, 3.05) is 7.11 Å². The number of rotatable bonds is 6. The highest BCUT2D eigenvalue weighted by atomic mass is 16.6. The van der Waals surface area contributed by atoms with E-state index in [0.29, 0.717) is 16.9 Å². The Morgan fingerprint density at radius 3 is 2.48 bits per heavy atom. The molecular formula is C24H19N3O6. The number of benzene rings is 2. The van der Waals surface area contributed by atoms with E-state index in [1.54, 1.807) is 48.8 Å². The summed E-state index contributed by atoms with van der Waals surface area (Å²) in [5, 5.41) is 22.0. The van der Waals surface area contributed by atoms with Crippen LogP contribution in [0.1, 0.15) is 22.7 Å². The highest BCUT2D eigenvalue weighted by Crippen LogP contribution is 2.43. The average molecular weight is 445 g/mol. The zero-order valence-corrected chi connectivity index (χ0v) is 17.5. The molecule has 0 spiro atoms. The summed E-state index contributed by atoms with van der Waals surface area (Å²) in [6, 6.07) is 14.6. The number of carbonyl (C=O) groups is 2. The van der Waals surface area contributed by atoms with Crippen molar-refractivity contribution in [1.82, 2.24) is 9.88 Å². The number of likely N-dealkylation sites (tertiary alicyclic amines) is 1. The van der Waals surface area contributed by atoms with Gasteiger partial charge in [0.2, 0.25) is 0 Å². The number of aromatic nitrogens is 1. The van der Waals surface area contributed by atoms with E-state index in [1.165, 1.54) is 36.3 Å². The summed E-state index contributed by atoms with van der Waals surface area (Å²) in [5.41, 5.74) is 1.12. The van der Waals surface area contributed by atoms with Gasteiger partial charge in [-0.25, -0.2) is 0 Å². The zero-order chi connectivity index (χ0) is 23.5. The van der Waals surface area contributed by atoms with Crippen LogP contribution in [-0.4, -0.2) is 38.7 Å². The number of nitro benzene ring substituents is 1. The highest BCUT2D eigenvalue weighted by Gasteiger charge is 2.47.